The maximum atomic E-state index is 6.21. The molecule has 0 aromatic carbocycles. The van der Waals surface area contributed by atoms with E-state index >= 15 is 0 Å². The molecule has 0 unspecified atom stereocenters. The standard InChI is InChI=1S/C16H19ClN4S2/c1-3-10(18)6-12-9(2)15-16(23-12)11(7-13(17)21-15)20-8-14-19-4-5-22-14/h4-5,7,10H,3,6,8,18H2,1-2H3,(H,20,21)/t10-/m0/s1. The van der Waals surface area contributed by atoms with Crippen molar-refractivity contribution in [3.05, 3.63) is 38.2 Å². The van der Waals surface area contributed by atoms with Gasteiger partial charge in [-0.1, -0.05) is 18.5 Å². The molecule has 0 saturated heterocycles. The highest BCUT2D eigenvalue weighted by molar-refractivity contribution is 7.19. The van der Waals surface area contributed by atoms with E-state index in [1.807, 2.05) is 17.6 Å². The zero-order chi connectivity index (χ0) is 16.4. The summed E-state index contributed by atoms with van der Waals surface area (Å²) in [4.78, 5) is 10.1. The summed E-state index contributed by atoms with van der Waals surface area (Å²) >= 11 is 9.61. The SMILES string of the molecule is CC[C@H](N)Cc1sc2c(NCc3nccs3)cc(Cl)nc2c1C. The number of halogens is 1. The van der Waals surface area contributed by atoms with Crippen LogP contribution in [0.25, 0.3) is 10.2 Å². The molecule has 0 fully saturated rings. The van der Waals surface area contributed by atoms with Gasteiger partial charge in [0, 0.05) is 28.6 Å². The Morgan fingerprint density at radius 2 is 2.26 bits per heavy atom. The van der Waals surface area contributed by atoms with Crippen LogP contribution in [0.5, 0.6) is 0 Å². The van der Waals surface area contributed by atoms with E-state index in [1.165, 1.54) is 10.4 Å². The van der Waals surface area contributed by atoms with Crippen LogP contribution < -0.4 is 11.1 Å². The van der Waals surface area contributed by atoms with Crippen molar-refractivity contribution in [2.75, 3.05) is 5.32 Å². The summed E-state index contributed by atoms with van der Waals surface area (Å²) in [5.41, 5.74) is 9.30. The molecule has 0 aliphatic carbocycles. The van der Waals surface area contributed by atoms with Gasteiger partial charge < -0.3 is 11.1 Å². The third-order valence-corrected chi connectivity index (χ3v) is 6.14. The van der Waals surface area contributed by atoms with E-state index in [0.717, 1.165) is 33.8 Å². The van der Waals surface area contributed by atoms with Crippen molar-refractivity contribution in [2.45, 2.75) is 39.3 Å². The average Bonchev–Trinajstić information content (AvgIpc) is 3.15. The minimum atomic E-state index is 0.184. The molecule has 0 amide bonds. The molecule has 0 saturated carbocycles. The summed E-state index contributed by atoms with van der Waals surface area (Å²) in [6.45, 7) is 4.90. The summed E-state index contributed by atoms with van der Waals surface area (Å²) in [5.74, 6) is 0. The van der Waals surface area contributed by atoms with Crippen LogP contribution in [0, 0.1) is 6.92 Å². The number of thiophene rings is 1. The first kappa shape index (κ1) is 16.6. The normalized spacial score (nSPS) is 12.7. The molecule has 7 heteroatoms. The van der Waals surface area contributed by atoms with Crippen molar-refractivity contribution < 1.29 is 0 Å². The molecule has 0 bridgehead atoms. The number of hydrogen-bond acceptors (Lipinski definition) is 6. The van der Waals surface area contributed by atoms with Crippen molar-refractivity contribution in [1.29, 1.82) is 0 Å². The Kier molecular flexibility index (Phi) is 5.16. The number of aryl methyl sites for hydroxylation is 1. The zero-order valence-electron chi connectivity index (χ0n) is 13.1. The second kappa shape index (κ2) is 7.13. The number of nitrogens with one attached hydrogen (secondary N) is 1. The van der Waals surface area contributed by atoms with Crippen LogP contribution in [0.3, 0.4) is 0 Å². The summed E-state index contributed by atoms with van der Waals surface area (Å²) in [5, 5.41) is 6.97. The Hall–Kier alpha value is -1.21. The molecule has 23 heavy (non-hydrogen) atoms. The second-order valence-electron chi connectivity index (χ2n) is 5.47. The molecule has 3 rings (SSSR count). The van der Waals surface area contributed by atoms with Crippen molar-refractivity contribution in [3.63, 3.8) is 0 Å². The van der Waals surface area contributed by atoms with Crippen LogP contribution in [-0.2, 0) is 13.0 Å². The number of nitrogens with zero attached hydrogens (tertiary/aromatic N) is 2. The zero-order valence-corrected chi connectivity index (χ0v) is 15.5. The number of pyridine rings is 1. The maximum absolute atomic E-state index is 6.21. The molecular formula is C16H19ClN4S2. The summed E-state index contributed by atoms with van der Waals surface area (Å²) in [6, 6.07) is 2.07. The van der Waals surface area contributed by atoms with Crippen LogP contribution in [0.4, 0.5) is 5.69 Å². The quantitative estimate of drug-likeness (QED) is 0.625. The predicted molar refractivity (Wildman–Crippen MR) is 101 cm³/mol. The Labute approximate surface area is 148 Å². The van der Waals surface area contributed by atoms with Crippen molar-refractivity contribution >= 4 is 50.2 Å². The lowest BCUT2D eigenvalue weighted by Crippen LogP contribution is -2.21. The van der Waals surface area contributed by atoms with Gasteiger partial charge in [0.2, 0.25) is 0 Å². The summed E-state index contributed by atoms with van der Waals surface area (Å²) < 4.78 is 1.14. The van der Waals surface area contributed by atoms with Gasteiger partial charge in [-0.2, -0.15) is 0 Å². The Balaban J connectivity index is 1.95. The van der Waals surface area contributed by atoms with Crippen LogP contribution in [0.2, 0.25) is 5.15 Å². The smallest absolute Gasteiger partial charge is 0.131 e. The molecule has 3 N–H and O–H groups in total. The van der Waals surface area contributed by atoms with Gasteiger partial charge in [0.15, 0.2) is 0 Å². The molecule has 3 aromatic rings. The fraction of sp³-hybridized carbons (Fsp3) is 0.375. The number of aromatic nitrogens is 2. The molecule has 0 spiro atoms. The third-order valence-electron chi connectivity index (χ3n) is 3.83. The molecule has 0 aliphatic rings. The monoisotopic (exact) mass is 366 g/mol. The van der Waals surface area contributed by atoms with Crippen LogP contribution in [0.1, 0.15) is 28.8 Å². The lowest BCUT2D eigenvalue weighted by Gasteiger charge is -2.06. The second-order valence-corrected chi connectivity index (χ2v) is 7.94. The van der Waals surface area contributed by atoms with Crippen molar-refractivity contribution in [1.82, 2.24) is 9.97 Å². The van der Waals surface area contributed by atoms with Gasteiger partial charge in [-0.05, 0) is 25.3 Å². The van der Waals surface area contributed by atoms with Gasteiger partial charge in [0.25, 0.3) is 0 Å². The van der Waals surface area contributed by atoms with E-state index in [-0.39, 0.29) is 6.04 Å². The van der Waals surface area contributed by atoms with Gasteiger partial charge in [0.1, 0.15) is 10.2 Å². The lowest BCUT2D eigenvalue weighted by atomic mass is 10.1. The van der Waals surface area contributed by atoms with E-state index in [0.29, 0.717) is 11.7 Å². The number of thiazole rings is 1. The number of nitrogens with two attached hydrogens (primary N) is 1. The lowest BCUT2D eigenvalue weighted by molar-refractivity contribution is 0.650. The number of fused-ring (bicyclic) bond motifs is 1. The summed E-state index contributed by atoms with van der Waals surface area (Å²) in [6.07, 6.45) is 3.67. The minimum absolute atomic E-state index is 0.184. The highest BCUT2D eigenvalue weighted by Gasteiger charge is 2.16. The van der Waals surface area contributed by atoms with Gasteiger partial charge in [-0.25, -0.2) is 9.97 Å². The van der Waals surface area contributed by atoms with E-state index in [2.05, 4.69) is 29.1 Å². The first-order chi connectivity index (χ1) is 11.1. The minimum Gasteiger partial charge on any atom is -0.377 e. The largest absolute Gasteiger partial charge is 0.377 e. The van der Waals surface area contributed by atoms with E-state index in [1.54, 1.807) is 22.7 Å². The Morgan fingerprint density at radius 1 is 1.43 bits per heavy atom. The van der Waals surface area contributed by atoms with E-state index in [4.69, 9.17) is 17.3 Å². The average molecular weight is 367 g/mol. The molecule has 3 heterocycles. The highest BCUT2D eigenvalue weighted by atomic mass is 35.5. The number of anilines is 1. The molecule has 122 valence electrons. The number of rotatable bonds is 6. The molecule has 0 radical (unpaired) electrons. The highest BCUT2D eigenvalue weighted by Crippen LogP contribution is 2.37. The molecule has 4 nitrogen and oxygen atoms in total. The van der Waals surface area contributed by atoms with Crippen molar-refractivity contribution in [3.8, 4) is 0 Å². The fourth-order valence-corrected chi connectivity index (χ4v) is 4.49. The topological polar surface area (TPSA) is 63.8 Å². The first-order valence-corrected chi connectivity index (χ1v) is 9.62. The van der Waals surface area contributed by atoms with Gasteiger partial charge in [0.05, 0.1) is 22.4 Å². The molecular weight excluding hydrogens is 348 g/mol. The van der Waals surface area contributed by atoms with Crippen LogP contribution >= 0.6 is 34.3 Å². The van der Waals surface area contributed by atoms with Gasteiger partial charge in [-0.15, -0.1) is 22.7 Å². The number of hydrogen-bond donors (Lipinski definition) is 2. The van der Waals surface area contributed by atoms with E-state index in [9.17, 15) is 0 Å². The van der Waals surface area contributed by atoms with Gasteiger partial charge in [-0.3, -0.25) is 0 Å². The van der Waals surface area contributed by atoms with Crippen molar-refractivity contribution in [2.24, 2.45) is 5.73 Å². The first-order valence-electron chi connectivity index (χ1n) is 7.54. The maximum Gasteiger partial charge on any atom is 0.131 e. The Morgan fingerprint density at radius 3 is 2.96 bits per heavy atom. The Bertz CT molecular complexity index is 798. The molecule has 0 aliphatic heterocycles. The van der Waals surface area contributed by atoms with Crippen LogP contribution in [0.15, 0.2) is 17.6 Å². The molecule has 1 atom stereocenters. The van der Waals surface area contributed by atoms with E-state index < -0.39 is 0 Å². The van der Waals surface area contributed by atoms with Gasteiger partial charge >= 0.3 is 0 Å². The van der Waals surface area contributed by atoms with Crippen LogP contribution in [-0.4, -0.2) is 16.0 Å². The summed E-state index contributed by atoms with van der Waals surface area (Å²) in [7, 11) is 0. The predicted octanol–water partition coefficient (Wildman–Crippen LogP) is 4.61. The third kappa shape index (κ3) is 3.66. The molecule has 3 aromatic heterocycles. The fourth-order valence-electron chi connectivity index (χ4n) is 2.41.